The van der Waals surface area contributed by atoms with Gasteiger partial charge in [-0.1, -0.05) is 18.2 Å². The summed E-state index contributed by atoms with van der Waals surface area (Å²) in [4.78, 5) is 12.2. The van der Waals surface area contributed by atoms with E-state index in [1.165, 1.54) is 11.8 Å². The van der Waals surface area contributed by atoms with Crippen LogP contribution in [0.1, 0.15) is 17.5 Å². The van der Waals surface area contributed by atoms with Crippen molar-refractivity contribution in [2.45, 2.75) is 18.3 Å². The highest BCUT2D eigenvalue weighted by atomic mass is 32.2. The first-order chi connectivity index (χ1) is 9.65. The maximum absolute atomic E-state index is 12.2. The SMILES string of the molecule is C[C@H](NC(=O)c1cc2ccccc2o1)C1SC=CN1O. The number of hydroxylamine groups is 2. The highest BCUT2D eigenvalue weighted by molar-refractivity contribution is 8.02. The number of thioether (sulfide) groups is 1. The molecule has 6 heteroatoms. The minimum atomic E-state index is -0.283. The largest absolute Gasteiger partial charge is 0.451 e. The van der Waals surface area contributed by atoms with Gasteiger partial charge in [0.25, 0.3) is 5.91 Å². The van der Waals surface area contributed by atoms with E-state index in [1.807, 2.05) is 31.2 Å². The Balaban J connectivity index is 1.72. The minimum Gasteiger partial charge on any atom is -0.451 e. The average Bonchev–Trinajstić information content (AvgIpc) is 3.04. The van der Waals surface area contributed by atoms with Gasteiger partial charge in [0.05, 0.1) is 6.04 Å². The maximum atomic E-state index is 12.2. The molecule has 0 spiro atoms. The van der Waals surface area contributed by atoms with Crippen molar-refractivity contribution in [1.82, 2.24) is 10.4 Å². The highest BCUT2D eigenvalue weighted by Crippen LogP contribution is 2.26. The molecule has 2 heterocycles. The van der Waals surface area contributed by atoms with Crippen LogP contribution in [0.3, 0.4) is 0 Å². The van der Waals surface area contributed by atoms with E-state index in [0.29, 0.717) is 5.58 Å². The van der Waals surface area contributed by atoms with E-state index in [-0.39, 0.29) is 23.1 Å². The summed E-state index contributed by atoms with van der Waals surface area (Å²) in [5.74, 6) is -0.00639. The number of amides is 1. The molecule has 20 heavy (non-hydrogen) atoms. The van der Waals surface area contributed by atoms with Gasteiger partial charge in [0.1, 0.15) is 11.0 Å². The lowest BCUT2D eigenvalue weighted by atomic mass is 10.2. The molecule has 1 aromatic carbocycles. The van der Waals surface area contributed by atoms with Crippen LogP contribution in [-0.2, 0) is 0 Å². The van der Waals surface area contributed by atoms with Crippen molar-refractivity contribution >= 4 is 28.6 Å². The van der Waals surface area contributed by atoms with Gasteiger partial charge in [0.15, 0.2) is 5.76 Å². The lowest BCUT2D eigenvalue weighted by Gasteiger charge is -2.24. The van der Waals surface area contributed by atoms with E-state index in [1.54, 1.807) is 17.7 Å². The Morgan fingerprint density at radius 1 is 1.50 bits per heavy atom. The number of para-hydroxylation sites is 1. The number of nitrogens with one attached hydrogen (secondary N) is 1. The zero-order valence-corrected chi connectivity index (χ0v) is 11.6. The number of fused-ring (bicyclic) bond motifs is 1. The van der Waals surface area contributed by atoms with Gasteiger partial charge in [-0.3, -0.25) is 10.0 Å². The second-order valence-corrected chi connectivity index (χ2v) is 5.63. The second kappa shape index (κ2) is 5.22. The first-order valence-corrected chi connectivity index (χ1v) is 7.18. The number of hydrogen-bond donors (Lipinski definition) is 2. The summed E-state index contributed by atoms with van der Waals surface area (Å²) in [6, 6.07) is 8.97. The fourth-order valence-electron chi connectivity index (χ4n) is 2.12. The molecule has 1 amide bonds. The molecular formula is C14H14N2O3S. The van der Waals surface area contributed by atoms with Crippen molar-refractivity contribution < 1.29 is 14.4 Å². The molecule has 3 rings (SSSR count). The molecule has 104 valence electrons. The number of rotatable bonds is 3. The molecular weight excluding hydrogens is 276 g/mol. The Hall–Kier alpha value is -1.92. The third-order valence-corrected chi connectivity index (χ3v) is 4.31. The first-order valence-electron chi connectivity index (χ1n) is 6.24. The van der Waals surface area contributed by atoms with Gasteiger partial charge in [-0.15, -0.1) is 11.8 Å². The van der Waals surface area contributed by atoms with Crippen LogP contribution in [0.2, 0.25) is 0 Å². The van der Waals surface area contributed by atoms with Crippen LogP contribution in [0.25, 0.3) is 11.0 Å². The van der Waals surface area contributed by atoms with Crippen molar-refractivity contribution in [3.63, 3.8) is 0 Å². The number of carbonyl (C=O) groups is 1. The zero-order chi connectivity index (χ0) is 14.1. The fraction of sp³-hybridized carbons (Fsp3) is 0.214. The Bertz CT molecular complexity index is 634. The standard InChI is InChI=1S/C14H14N2O3S/c1-9(14-16(18)6-7-20-14)15-13(17)12-8-10-4-2-3-5-11(10)19-12/h2-9,14,18H,1H3,(H,15,17)/t9-,14?/m0/s1. The quantitative estimate of drug-likeness (QED) is 0.910. The predicted octanol–water partition coefficient (Wildman–Crippen LogP) is 2.79. The fourth-order valence-corrected chi connectivity index (χ4v) is 2.97. The van der Waals surface area contributed by atoms with Crippen LogP contribution in [0, 0.1) is 0 Å². The molecule has 0 saturated heterocycles. The van der Waals surface area contributed by atoms with Crippen LogP contribution in [0.15, 0.2) is 46.4 Å². The lowest BCUT2D eigenvalue weighted by molar-refractivity contribution is -0.0549. The lowest BCUT2D eigenvalue weighted by Crippen LogP contribution is -2.44. The number of nitrogens with zero attached hydrogens (tertiary/aromatic N) is 1. The molecule has 5 nitrogen and oxygen atoms in total. The van der Waals surface area contributed by atoms with Gasteiger partial charge in [0, 0.05) is 11.6 Å². The number of hydrogen-bond acceptors (Lipinski definition) is 5. The molecule has 1 aromatic heterocycles. The number of carbonyl (C=O) groups excluding carboxylic acids is 1. The summed E-state index contributed by atoms with van der Waals surface area (Å²) in [7, 11) is 0. The average molecular weight is 290 g/mol. The smallest absolute Gasteiger partial charge is 0.287 e. The van der Waals surface area contributed by atoms with Crippen LogP contribution in [0.5, 0.6) is 0 Å². The summed E-state index contributed by atoms with van der Waals surface area (Å²) in [5.41, 5.74) is 0.686. The number of furan rings is 1. The topological polar surface area (TPSA) is 65.7 Å². The van der Waals surface area contributed by atoms with Gasteiger partial charge < -0.3 is 9.73 Å². The van der Waals surface area contributed by atoms with E-state index in [2.05, 4.69) is 5.32 Å². The summed E-state index contributed by atoms with van der Waals surface area (Å²) in [6.07, 6.45) is 1.57. The van der Waals surface area contributed by atoms with Gasteiger partial charge in [-0.05, 0) is 24.5 Å². The molecule has 0 bridgehead atoms. The first kappa shape index (κ1) is 13.1. The Labute approximate surface area is 120 Å². The molecule has 2 aromatic rings. The van der Waals surface area contributed by atoms with Crippen molar-refractivity contribution in [2.75, 3.05) is 0 Å². The molecule has 2 atom stereocenters. The van der Waals surface area contributed by atoms with Crippen LogP contribution < -0.4 is 5.32 Å². The van der Waals surface area contributed by atoms with Crippen molar-refractivity contribution in [1.29, 1.82) is 0 Å². The molecule has 1 aliphatic rings. The van der Waals surface area contributed by atoms with Gasteiger partial charge in [0.2, 0.25) is 0 Å². The maximum Gasteiger partial charge on any atom is 0.287 e. The van der Waals surface area contributed by atoms with E-state index in [0.717, 1.165) is 10.4 Å². The molecule has 0 saturated carbocycles. The van der Waals surface area contributed by atoms with Crippen LogP contribution in [-0.4, -0.2) is 27.6 Å². The van der Waals surface area contributed by atoms with Crippen molar-refractivity contribution in [3.8, 4) is 0 Å². The third-order valence-electron chi connectivity index (χ3n) is 3.13. The second-order valence-electron chi connectivity index (χ2n) is 4.60. The van der Waals surface area contributed by atoms with Gasteiger partial charge in [-0.25, -0.2) is 5.06 Å². The summed E-state index contributed by atoms with van der Waals surface area (Å²) in [6.45, 7) is 1.84. The van der Waals surface area contributed by atoms with Gasteiger partial charge >= 0.3 is 0 Å². The highest BCUT2D eigenvalue weighted by Gasteiger charge is 2.27. The summed E-state index contributed by atoms with van der Waals surface area (Å²) >= 11 is 1.45. The van der Waals surface area contributed by atoms with Gasteiger partial charge in [-0.2, -0.15) is 0 Å². The molecule has 0 radical (unpaired) electrons. The normalized spacial score (nSPS) is 19.5. The van der Waals surface area contributed by atoms with Crippen molar-refractivity contribution in [3.05, 3.63) is 47.7 Å². The monoisotopic (exact) mass is 290 g/mol. The molecule has 2 N–H and O–H groups in total. The molecule has 0 aliphatic carbocycles. The number of benzene rings is 1. The Morgan fingerprint density at radius 2 is 2.30 bits per heavy atom. The minimum absolute atomic E-state index is 0.219. The van der Waals surface area contributed by atoms with Crippen LogP contribution >= 0.6 is 11.8 Å². The van der Waals surface area contributed by atoms with E-state index >= 15 is 0 Å². The zero-order valence-electron chi connectivity index (χ0n) is 10.8. The summed E-state index contributed by atoms with van der Waals surface area (Å²) in [5, 5.41) is 16.0. The molecule has 1 aliphatic heterocycles. The van der Waals surface area contributed by atoms with Crippen molar-refractivity contribution in [2.24, 2.45) is 0 Å². The van der Waals surface area contributed by atoms with Crippen LogP contribution in [0.4, 0.5) is 0 Å². The van der Waals surface area contributed by atoms with E-state index in [9.17, 15) is 10.0 Å². The van der Waals surface area contributed by atoms with E-state index in [4.69, 9.17) is 4.42 Å². The Morgan fingerprint density at radius 3 is 3.00 bits per heavy atom. The molecule has 1 unspecified atom stereocenters. The Kier molecular flexibility index (Phi) is 3.42. The molecule has 0 fully saturated rings. The van der Waals surface area contributed by atoms with E-state index < -0.39 is 0 Å². The predicted molar refractivity (Wildman–Crippen MR) is 77.3 cm³/mol. The third kappa shape index (κ3) is 2.39. The summed E-state index contributed by atoms with van der Waals surface area (Å²) < 4.78 is 5.51.